The van der Waals surface area contributed by atoms with Gasteiger partial charge in [0, 0.05) is 11.3 Å². The standard InChI is InChI=1S/C26H20F2N4O3/c1-15-22(25-30-24(31-35-25)17-6-10-18(27)11-7-17)23(16-8-12-21(34-2)13-9-16)29-26(33)32(15)20-5-3-4-19(28)14-20/h3-14,23H,1-2H3,(H,29,33). The number of halogens is 2. The second-order valence-electron chi connectivity index (χ2n) is 7.90. The fraction of sp³-hybridized carbons (Fsp3) is 0.115. The molecule has 4 aromatic rings. The summed E-state index contributed by atoms with van der Waals surface area (Å²) in [5.74, 6) is 0.248. The summed E-state index contributed by atoms with van der Waals surface area (Å²) in [6.45, 7) is 1.73. The maximum atomic E-state index is 14.0. The van der Waals surface area contributed by atoms with Gasteiger partial charge in [0.05, 0.1) is 24.4 Å². The first-order valence-electron chi connectivity index (χ1n) is 10.8. The number of carbonyl (C=O) groups excluding carboxylic acids is 1. The number of carbonyl (C=O) groups is 1. The molecular formula is C26H20F2N4O3. The monoisotopic (exact) mass is 474 g/mol. The molecule has 2 amide bonds. The molecule has 35 heavy (non-hydrogen) atoms. The highest BCUT2D eigenvalue weighted by molar-refractivity contribution is 6.01. The molecule has 0 radical (unpaired) electrons. The minimum absolute atomic E-state index is 0.170. The largest absolute Gasteiger partial charge is 0.497 e. The average Bonchev–Trinajstić information content (AvgIpc) is 3.34. The number of aromatic nitrogens is 2. The predicted octanol–water partition coefficient (Wildman–Crippen LogP) is 5.73. The molecule has 1 atom stereocenters. The van der Waals surface area contributed by atoms with E-state index in [-0.39, 0.29) is 17.5 Å². The summed E-state index contributed by atoms with van der Waals surface area (Å²) >= 11 is 0. The summed E-state index contributed by atoms with van der Waals surface area (Å²) in [5.41, 5.74) is 2.72. The van der Waals surface area contributed by atoms with Gasteiger partial charge in [-0.05, 0) is 67.1 Å². The Labute approximate surface area is 199 Å². The van der Waals surface area contributed by atoms with Crippen molar-refractivity contribution in [2.24, 2.45) is 0 Å². The van der Waals surface area contributed by atoms with Crippen LogP contribution in [-0.4, -0.2) is 23.3 Å². The number of ether oxygens (including phenoxy) is 1. The quantitative estimate of drug-likeness (QED) is 0.400. The Balaban J connectivity index is 1.64. The fourth-order valence-corrected chi connectivity index (χ4v) is 4.04. The van der Waals surface area contributed by atoms with Crippen molar-refractivity contribution in [1.29, 1.82) is 0 Å². The van der Waals surface area contributed by atoms with Gasteiger partial charge in [0.1, 0.15) is 17.4 Å². The van der Waals surface area contributed by atoms with Crippen LogP contribution in [0.1, 0.15) is 24.4 Å². The van der Waals surface area contributed by atoms with Crippen LogP contribution in [0.4, 0.5) is 19.3 Å². The molecule has 0 spiro atoms. The van der Waals surface area contributed by atoms with Gasteiger partial charge < -0.3 is 14.6 Å². The number of nitrogens with one attached hydrogen (secondary N) is 1. The number of urea groups is 1. The average molecular weight is 474 g/mol. The molecule has 1 aromatic heterocycles. The van der Waals surface area contributed by atoms with Gasteiger partial charge in [-0.2, -0.15) is 4.98 Å². The number of hydrogen-bond donors (Lipinski definition) is 1. The minimum Gasteiger partial charge on any atom is -0.497 e. The third-order valence-electron chi connectivity index (χ3n) is 5.76. The Hall–Kier alpha value is -4.53. The minimum atomic E-state index is -0.625. The van der Waals surface area contributed by atoms with Crippen molar-refractivity contribution in [3.8, 4) is 17.1 Å². The summed E-state index contributed by atoms with van der Waals surface area (Å²) < 4.78 is 38.2. The lowest BCUT2D eigenvalue weighted by molar-refractivity contribution is 0.244. The maximum absolute atomic E-state index is 14.0. The Bertz CT molecular complexity index is 1420. The van der Waals surface area contributed by atoms with Crippen LogP contribution < -0.4 is 15.0 Å². The summed E-state index contributed by atoms with van der Waals surface area (Å²) in [6.07, 6.45) is 0. The SMILES string of the molecule is COc1ccc(C2NC(=O)N(c3cccc(F)c3)C(C)=C2c2nc(-c3ccc(F)cc3)no2)cc1. The predicted molar refractivity (Wildman–Crippen MR) is 125 cm³/mol. The van der Waals surface area contributed by atoms with Crippen LogP contribution in [-0.2, 0) is 0 Å². The first-order chi connectivity index (χ1) is 16.9. The van der Waals surface area contributed by atoms with Crippen molar-refractivity contribution in [2.75, 3.05) is 12.0 Å². The molecule has 1 aliphatic rings. The second-order valence-corrected chi connectivity index (χ2v) is 7.90. The van der Waals surface area contributed by atoms with Crippen LogP contribution in [0.2, 0.25) is 0 Å². The molecule has 0 bridgehead atoms. The number of methoxy groups -OCH3 is 1. The van der Waals surface area contributed by atoms with Crippen molar-refractivity contribution >= 4 is 17.3 Å². The molecule has 3 aromatic carbocycles. The molecule has 1 N–H and O–H groups in total. The first kappa shape index (κ1) is 22.3. The Kier molecular flexibility index (Phi) is 5.74. The van der Waals surface area contributed by atoms with Crippen molar-refractivity contribution < 1.29 is 22.8 Å². The number of allylic oxidation sites excluding steroid dienone is 1. The highest BCUT2D eigenvalue weighted by atomic mass is 19.1. The lowest BCUT2D eigenvalue weighted by Gasteiger charge is -2.35. The van der Waals surface area contributed by atoms with Gasteiger partial charge in [0.15, 0.2) is 0 Å². The zero-order chi connectivity index (χ0) is 24.5. The van der Waals surface area contributed by atoms with Crippen LogP contribution >= 0.6 is 0 Å². The van der Waals surface area contributed by atoms with Crippen molar-refractivity contribution in [2.45, 2.75) is 13.0 Å². The van der Waals surface area contributed by atoms with E-state index in [0.717, 1.165) is 5.56 Å². The first-order valence-corrected chi connectivity index (χ1v) is 10.8. The smallest absolute Gasteiger partial charge is 0.327 e. The van der Waals surface area contributed by atoms with Gasteiger partial charge in [-0.1, -0.05) is 23.4 Å². The van der Waals surface area contributed by atoms with Crippen molar-refractivity contribution in [3.63, 3.8) is 0 Å². The normalized spacial score (nSPS) is 15.8. The van der Waals surface area contributed by atoms with E-state index in [2.05, 4.69) is 15.5 Å². The Morgan fingerprint density at radius 1 is 1.00 bits per heavy atom. The van der Waals surface area contributed by atoms with Crippen molar-refractivity contribution in [1.82, 2.24) is 15.5 Å². The summed E-state index contributed by atoms with van der Waals surface area (Å²) in [5, 5.41) is 7.02. The number of anilines is 1. The lowest BCUT2D eigenvalue weighted by Crippen LogP contribution is -2.46. The van der Waals surface area contributed by atoms with E-state index in [1.807, 2.05) is 12.1 Å². The summed E-state index contributed by atoms with van der Waals surface area (Å²) in [4.78, 5) is 19.1. The molecular weight excluding hydrogens is 454 g/mol. The van der Waals surface area contributed by atoms with Gasteiger partial charge in [-0.15, -0.1) is 0 Å². The molecule has 0 saturated carbocycles. The molecule has 0 fully saturated rings. The third kappa shape index (κ3) is 4.23. The van der Waals surface area contributed by atoms with E-state index >= 15 is 0 Å². The van der Waals surface area contributed by atoms with E-state index in [0.29, 0.717) is 28.3 Å². The number of rotatable bonds is 5. The van der Waals surface area contributed by atoms with Crippen LogP contribution in [0.5, 0.6) is 5.75 Å². The van der Waals surface area contributed by atoms with E-state index in [1.165, 1.54) is 35.2 Å². The Morgan fingerprint density at radius 2 is 1.74 bits per heavy atom. The van der Waals surface area contributed by atoms with Crippen LogP contribution in [0.25, 0.3) is 17.0 Å². The van der Waals surface area contributed by atoms with E-state index in [4.69, 9.17) is 9.26 Å². The molecule has 1 aliphatic heterocycles. The molecule has 7 nitrogen and oxygen atoms in total. The highest BCUT2D eigenvalue weighted by Crippen LogP contribution is 2.39. The highest BCUT2D eigenvalue weighted by Gasteiger charge is 2.36. The number of amides is 2. The van der Waals surface area contributed by atoms with Gasteiger partial charge in [0.25, 0.3) is 5.89 Å². The van der Waals surface area contributed by atoms with E-state index in [1.54, 1.807) is 44.4 Å². The zero-order valence-corrected chi connectivity index (χ0v) is 18.8. The van der Waals surface area contributed by atoms with Gasteiger partial charge >= 0.3 is 6.03 Å². The van der Waals surface area contributed by atoms with Gasteiger partial charge in [-0.3, -0.25) is 4.90 Å². The topological polar surface area (TPSA) is 80.5 Å². The van der Waals surface area contributed by atoms with Gasteiger partial charge in [-0.25, -0.2) is 13.6 Å². The van der Waals surface area contributed by atoms with Crippen LogP contribution in [0.3, 0.4) is 0 Å². The zero-order valence-electron chi connectivity index (χ0n) is 18.8. The molecule has 1 unspecified atom stereocenters. The number of benzene rings is 3. The summed E-state index contributed by atoms with van der Waals surface area (Å²) in [6, 6.07) is 17.6. The molecule has 0 saturated heterocycles. The van der Waals surface area contributed by atoms with Crippen molar-refractivity contribution in [3.05, 3.63) is 102 Å². The fourth-order valence-electron chi connectivity index (χ4n) is 4.04. The maximum Gasteiger partial charge on any atom is 0.327 e. The van der Waals surface area contributed by atoms with Gasteiger partial charge in [0.2, 0.25) is 5.82 Å². The summed E-state index contributed by atoms with van der Waals surface area (Å²) in [7, 11) is 1.57. The molecule has 5 rings (SSSR count). The number of nitrogens with zero attached hydrogens (tertiary/aromatic N) is 3. The lowest BCUT2D eigenvalue weighted by atomic mass is 9.94. The van der Waals surface area contributed by atoms with E-state index < -0.39 is 17.9 Å². The van der Waals surface area contributed by atoms with Crippen LogP contribution in [0, 0.1) is 11.6 Å². The second kappa shape index (κ2) is 9.02. The molecule has 176 valence electrons. The molecule has 0 aliphatic carbocycles. The van der Waals surface area contributed by atoms with Crippen LogP contribution in [0.15, 0.2) is 83.0 Å². The number of hydrogen-bond acceptors (Lipinski definition) is 5. The Morgan fingerprint density at radius 3 is 2.43 bits per heavy atom. The van der Waals surface area contributed by atoms with E-state index in [9.17, 15) is 13.6 Å². The molecule has 2 heterocycles. The third-order valence-corrected chi connectivity index (χ3v) is 5.76. The molecule has 9 heteroatoms.